The Balaban J connectivity index is 1.89. The highest BCUT2D eigenvalue weighted by atomic mass is 19.2. The minimum absolute atomic E-state index is 0.0226. The molecule has 0 unspecified atom stereocenters. The number of nitrogens with zero attached hydrogens (tertiary/aromatic N) is 4. The molecule has 0 radical (unpaired) electrons. The van der Waals surface area contributed by atoms with Gasteiger partial charge in [-0.25, -0.2) is 18.3 Å². The largest absolute Gasteiger partial charge is 0.477 e. The van der Waals surface area contributed by atoms with Crippen LogP contribution in [0.2, 0.25) is 0 Å². The molecular formula is C19H12F2N4O3. The van der Waals surface area contributed by atoms with Gasteiger partial charge in [-0.2, -0.15) is 4.98 Å². The van der Waals surface area contributed by atoms with E-state index in [0.29, 0.717) is 12.6 Å². The fourth-order valence-corrected chi connectivity index (χ4v) is 2.88. The maximum Gasteiger partial charge on any atom is 0.341 e. The van der Waals surface area contributed by atoms with E-state index in [1.807, 2.05) is 30.3 Å². The SMILES string of the molecule is O=C(O)c1cn(-c2ncn(Cc3ccccc3)n2)c2cc(F)c(F)cc2c1=O. The summed E-state index contributed by atoms with van der Waals surface area (Å²) in [6, 6.07) is 10.9. The third-order valence-corrected chi connectivity index (χ3v) is 4.20. The van der Waals surface area contributed by atoms with Crippen molar-refractivity contribution >= 4 is 16.9 Å². The van der Waals surface area contributed by atoms with Crippen LogP contribution in [0, 0.1) is 11.6 Å². The first kappa shape index (κ1) is 17.5. The van der Waals surface area contributed by atoms with Gasteiger partial charge in [0.25, 0.3) is 5.95 Å². The molecule has 28 heavy (non-hydrogen) atoms. The lowest BCUT2D eigenvalue weighted by molar-refractivity contribution is 0.0695. The van der Waals surface area contributed by atoms with Gasteiger partial charge in [-0.1, -0.05) is 30.3 Å². The lowest BCUT2D eigenvalue weighted by Crippen LogP contribution is -2.19. The van der Waals surface area contributed by atoms with Gasteiger partial charge in [-0.3, -0.25) is 9.36 Å². The third-order valence-electron chi connectivity index (χ3n) is 4.20. The van der Waals surface area contributed by atoms with Gasteiger partial charge in [0.15, 0.2) is 11.6 Å². The van der Waals surface area contributed by atoms with Gasteiger partial charge in [-0.15, -0.1) is 5.10 Å². The molecule has 4 rings (SSSR count). The van der Waals surface area contributed by atoms with Crippen molar-refractivity contribution in [2.45, 2.75) is 6.54 Å². The number of halogens is 2. The van der Waals surface area contributed by atoms with E-state index in [4.69, 9.17) is 0 Å². The van der Waals surface area contributed by atoms with Crippen molar-refractivity contribution in [3.05, 3.63) is 88.0 Å². The molecule has 1 N–H and O–H groups in total. The first-order chi connectivity index (χ1) is 13.4. The number of carboxylic acid groups (broad SMARTS) is 1. The summed E-state index contributed by atoms with van der Waals surface area (Å²) < 4.78 is 30.1. The molecular weight excluding hydrogens is 370 g/mol. The van der Waals surface area contributed by atoms with Gasteiger partial charge in [0, 0.05) is 12.3 Å². The number of fused-ring (bicyclic) bond motifs is 1. The first-order valence-electron chi connectivity index (χ1n) is 8.15. The molecule has 0 aliphatic rings. The third kappa shape index (κ3) is 3.02. The van der Waals surface area contributed by atoms with Gasteiger partial charge in [0.05, 0.1) is 17.4 Å². The zero-order valence-electron chi connectivity index (χ0n) is 14.2. The van der Waals surface area contributed by atoms with Crippen LogP contribution in [0.4, 0.5) is 8.78 Å². The summed E-state index contributed by atoms with van der Waals surface area (Å²) in [6.45, 7) is 0.404. The predicted molar refractivity (Wildman–Crippen MR) is 95.5 cm³/mol. The second-order valence-corrected chi connectivity index (χ2v) is 6.06. The predicted octanol–water partition coefficient (Wildman–Crippen LogP) is 2.61. The molecule has 7 nitrogen and oxygen atoms in total. The standard InChI is InChI=1S/C19H12F2N4O3/c20-14-6-12-16(7-15(14)21)25(9-13(17(12)26)18(27)28)19-22-10-24(23-19)8-11-4-2-1-3-5-11/h1-7,9-10H,8H2,(H,27,28). The van der Waals surface area contributed by atoms with Crippen molar-refractivity contribution in [2.75, 3.05) is 0 Å². The monoisotopic (exact) mass is 382 g/mol. The normalized spacial score (nSPS) is 11.1. The number of aromatic carboxylic acids is 1. The summed E-state index contributed by atoms with van der Waals surface area (Å²) in [7, 11) is 0. The maximum absolute atomic E-state index is 13.8. The fourth-order valence-electron chi connectivity index (χ4n) is 2.88. The summed E-state index contributed by atoms with van der Waals surface area (Å²) in [5.74, 6) is -3.89. The molecule has 9 heteroatoms. The number of hydrogen-bond donors (Lipinski definition) is 1. The Morgan fingerprint density at radius 3 is 2.54 bits per heavy atom. The van der Waals surface area contributed by atoms with Crippen molar-refractivity contribution in [1.29, 1.82) is 0 Å². The smallest absolute Gasteiger partial charge is 0.341 e. The van der Waals surface area contributed by atoms with E-state index in [2.05, 4.69) is 10.1 Å². The summed E-state index contributed by atoms with van der Waals surface area (Å²) >= 11 is 0. The van der Waals surface area contributed by atoms with Crippen LogP contribution in [0.5, 0.6) is 0 Å². The lowest BCUT2D eigenvalue weighted by Gasteiger charge is -2.09. The van der Waals surface area contributed by atoms with Crippen LogP contribution in [0.3, 0.4) is 0 Å². The average Bonchev–Trinajstić information content (AvgIpc) is 3.12. The number of benzene rings is 2. The van der Waals surface area contributed by atoms with E-state index in [1.54, 1.807) is 0 Å². The summed E-state index contributed by atoms with van der Waals surface area (Å²) in [6.07, 6.45) is 2.43. The maximum atomic E-state index is 13.8. The number of hydrogen-bond acceptors (Lipinski definition) is 4. The molecule has 2 heterocycles. The molecule has 0 saturated heterocycles. The van der Waals surface area contributed by atoms with Gasteiger partial charge < -0.3 is 5.11 Å². The van der Waals surface area contributed by atoms with Gasteiger partial charge in [0.1, 0.15) is 11.9 Å². The van der Waals surface area contributed by atoms with Crippen molar-refractivity contribution in [3.8, 4) is 5.95 Å². The van der Waals surface area contributed by atoms with Crippen LogP contribution in [-0.4, -0.2) is 30.4 Å². The number of carbonyl (C=O) groups is 1. The first-order valence-corrected chi connectivity index (χ1v) is 8.15. The summed E-state index contributed by atoms with van der Waals surface area (Å²) in [5, 5.41) is 13.3. The van der Waals surface area contributed by atoms with Crippen LogP contribution >= 0.6 is 0 Å². The Morgan fingerprint density at radius 2 is 1.82 bits per heavy atom. The second kappa shape index (κ2) is 6.69. The zero-order valence-corrected chi connectivity index (χ0v) is 14.2. The molecule has 0 aliphatic carbocycles. The van der Waals surface area contributed by atoms with Crippen LogP contribution in [0.15, 0.2) is 59.8 Å². The molecule has 0 amide bonds. The Morgan fingerprint density at radius 1 is 1.11 bits per heavy atom. The topological polar surface area (TPSA) is 90.0 Å². The molecule has 140 valence electrons. The second-order valence-electron chi connectivity index (χ2n) is 6.06. The van der Waals surface area contributed by atoms with Gasteiger partial charge in [0.2, 0.25) is 5.43 Å². The van der Waals surface area contributed by atoms with Crippen molar-refractivity contribution < 1.29 is 18.7 Å². The van der Waals surface area contributed by atoms with Gasteiger partial charge >= 0.3 is 5.97 Å². The molecule has 0 bridgehead atoms. The van der Waals surface area contributed by atoms with E-state index in [9.17, 15) is 23.5 Å². The van der Waals surface area contributed by atoms with Crippen molar-refractivity contribution in [1.82, 2.24) is 19.3 Å². The minimum atomic E-state index is -1.49. The van der Waals surface area contributed by atoms with Crippen LogP contribution < -0.4 is 5.43 Å². The molecule has 0 saturated carbocycles. The molecule has 2 aromatic heterocycles. The molecule has 4 aromatic rings. The summed E-state index contributed by atoms with van der Waals surface area (Å²) in [5.41, 5.74) is -0.589. The lowest BCUT2D eigenvalue weighted by atomic mass is 10.1. The van der Waals surface area contributed by atoms with E-state index in [0.717, 1.165) is 22.4 Å². The van der Waals surface area contributed by atoms with Crippen molar-refractivity contribution in [2.24, 2.45) is 0 Å². The number of aromatic nitrogens is 4. The molecule has 0 aliphatic heterocycles. The molecule has 0 atom stereocenters. The molecule has 0 fully saturated rings. The fraction of sp³-hybridized carbons (Fsp3) is 0.0526. The Kier molecular flexibility index (Phi) is 4.19. The molecule has 2 aromatic carbocycles. The van der Waals surface area contributed by atoms with Crippen LogP contribution in [0.1, 0.15) is 15.9 Å². The number of rotatable bonds is 4. The van der Waals surface area contributed by atoms with E-state index < -0.39 is 28.6 Å². The van der Waals surface area contributed by atoms with E-state index >= 15 is 0 Å². The van der Waals surface area contributed by atoms with E-state index in [-0.39, 0.29) is 16.9 Å². The number of carboxylic acids is 1. The minimum Gasteiger partial charge on any atom is -0.477 e. The Labute approximate surface area is 156 Å². The number of pyridine rings is 1. The highest BCUT2D eigenvalue weighted by molar-refractivity contribution is 5.93. The highest BCUT2D eigenvalue weighted by Crippen LogP contribution is 2.19. The van der Waals surface area contributed by atoms with Gasteiger partial charge in [-0.05, 0) is 11.6 Å². The quantitative estimate of drug-likeness (QED) is 0.586. The zero-order chi connectivity index (χ0) is 19.8. The summed E-state index contributed by atoms with van der Waals surface area (Å²) in [4.78, 5) is 27.9. The van der Waals surface area contributed by atoms with Crippen LogP contribution in [0.25, 0.3) is 16.9 Å². The van der Waals surface area contributed by atoms with Crippen molar-refractivity contribution in [3.63, 3.8) is 0 Å². The average molecular weight is 382 g/mol. The van der Waals surface area contributed by atoms with Crippen LogP contribution in [-0.2, 0) is 6.54 Å². The highest BCUT2D eigenvalue weighted by Gasteiger charge is 2.19. The van der Waals surface area contributed by atoms with E-state index in [1.165, 1.54) is 11.0 Å². The Bertz CT molecular complexity index is 1270. The molecule has 0 spiro atoms. The Hall–Kier alpha value is -3.88.